The molecule has 1 amide bonds. The Morgan fingerprint density at radius 3 is 2.69 bits per heavy atom. The summed E-state index contributed by atoms with van der Waals surface area (Å²) in [4.78, 5) is 40.0. The van der Waals surface area contributed by atoms with Crippen molar-refractivity contribution in [1.82, 2.24) is 24.2 Å². The number of hydrogen-bond donors (Lipinski definition) is 0. The van der Waals surface area contributed by atoms with E-state index in [2.05, 4.69) is 28.7 Å². The van der Waals surface area contributed by atoms with E-state index in [1.807, 2.05) is 17.2 Å². The van der Waals surface area contributed by atoms with Crippen molar-refractivity contribution in [3.05, 3.63) is 49.3 Å². The summed E-state index contributed by atoms with van der Waals surface area (Å²) in [5.74, 6) is 0.619. The summed E-state index contributed by atoms with van der Waals surface area (Å²) >= 11 is 3.00. The van der Waals surface area contributed by atoms with E-state index >= 15 is 0 Å². The minimum Gasteiger partial charge on any atom is -0.335 e. The minimum absolute atomic E-state index is 0.0436. The molecule has 0 unspecified atom stereocenters. The topological polar surface area (TPSA) is 70.8 Å². The van der Waals surface area contributed by atoms with Crippen LogP contribution in [0.4, 0.5) is 0 Å². The molecule has 29 heavy (non-hydrogen) atoms. The zero-order chi connectivity index (χ0) is 20.5. The number of aromatic nitrogens is 3. The summed E-state index contributed by atoms with van der Waals surface area (Å²) in [6.07, 6.45) is 2.66. The third-order valence-electron chi connectivity index (χ3n) is 5.02. The van der Waals surface area contributed by atoms with Gasteiger partial charge in [-0.2, -0.15) is 0 Å². The van der Waals surface area contributed by atoms with Gasteiger partial charge in [0.1, 0.15) is 4.88 Å². The van der Waals surface area contributed by atoms with E-state index < -0.39 is 0 Å². The number of nitrogens with zero attached hydrogens (tertiary/aromatic N) is 5. The molecule has 3 aromatic heterocycles. The molecule has 1 aliphatic heterocycles. The van der Waals surface area contributed by atoms with Crippen LogP contribution in [0, 0.1) is 12.8 Å². The van der Waals surface area contributed by atoms with Crippen LogP contribution in [-0.2, 0) is 13.0 Å². The van der Waals surface area contributed by atoms with Crippen LogP contribution >= 0.6 is 22.7 Å². The van der Waals surface area contributed by atoms with Gasteiger partial charge in [0, 0.05) is 56.8 Å². The molecule has 4 rings (SSSR count). The predicted octanol–water partition coefficient (Wildman–Crippen LogP) is 2.68. The van der Waals surface area contributed by atoms with Crippen molar-refractivity contribution in [2.75, 3.05) is 26.2 Å². The fourth-order valence-electron chi connectivity index (χ4n) is 3.54. The summed E-state index contributed by atoms with van der Waals surface area (Å²) in [7, 11) is 0. The lowest BCUT2D eigenvalue weighted by atomic mass is 10.1. The highest BCUT2D eigenvalue weighted by molar-refractivity contribution is 7.15. The molecule has 0 aromatic carbocycles. The molecule has 0 radical (unpaired) electrons. The lowest BCUT2D eigenvalue weighted by Crippen LogP contribution is -2.48. The molecule has 154 valence electrons. The summed E-state index contributed by atoms with van der Waals surface area (Å²) in [5, 5.41) is 2.91. The number of carbonyl (C=O) groups excluding carboxylic acids is 1. The molecular weight excluding hydrogens is 406 g/mol. The second kappa shape index (κ2) is 8.33. The number of piperazine rings is 1. The van der Waals surface area contributed by atoms with Gasteiger partial charge in [0.2, 0.25) is 0 Å². The SMILES string of the molecule is Cc1nc(CC(C)C)sc1C(=O)N1CCN(Cc2cc(=O)n3ccsc3n2)CC1. The third kappa shape index (κ3) is 4.41. The van der Waals surface area contributed by atoms with Gasteiger partial charge in [0.05, 0.1) is 16.4 Å². The summed E-state index contributed by atoms with van der Waals surface area (Å²) in [6.45, 7) is 9.78. The van der Waals surface area contributed by atoms with Crippen LogP contribution < -0.4 is 5.56 Å². The van der Waals surface area contributed by atoms with Crippen LogP contribution in [0.5, 0.6) is 0 Å². The molecule has 1 saturated heterocycles. The number of fused-ring (bicyclic) bond motifs is 1. The van der Waals surface area contributed by atoms with Gasteiger partial charge in [-0.05, 0) is 12.8 Å². The van der Waals surface area contributed by atoms with E-state index in [1.54, 1.807) is 16.7 Å². The van der Waals surface area contributed by atoms with Crippen molar-refractivity contribution < 1.29 is 4.79 Å². The van der Waals surface area contributed by atoms with Crippen LogP contribution in [0.2, 0.25) is 0 Å². The number of carbonyl (C=O) groups is 1. The van der Waals surface area contributed by atoms with Gasteiger partial charge in [-0.25, -0.2) is 9.97 Å². The highest BCUT2D eigenvalue weighted by atomic mass is 32.1. The Balaban J connectivity index is 1.38. The summed E-state index contributed by atoms with van der Waals surface area (Å²) in [6, 6.07) is 1.61. The Morgan fingerprint density at radius 2 is 1.97 bits per heavy atom. The summed E-state index contributed by atoms with van der Waals surface area (Å²) < 4.78 is 1.57. The molecular formula is C20H25N5O2S2. The average molecular weight is 432 g/mol. The fourth-order valence-corrected chi connectivity index (χ4v) is 5.52. The van der Waals surface area contributed by atoms with Crippen LogP contribution in [0.1, 0.15) is 39.9 Å². The number of hydrogen-bond acceptors (Lipinski definition) is 7. The molecule has 9 heteroatoms. The molecule has 3 aromatic rings. The van der Waals surface area contributed by atoms with Crippen molar-refractivity contribution in [2.24, 2.45) is 5.92 Å². The molecule has 0 saturated carbocycles. The van der Waals surface area contributed by atoms with E-state index in [9.17, 15) is 9.59 Å². The van der Waals surface area contributed by atoms with Crippen molar-refractivity contribution in [3.63, 3.8) is 0 Å². The van der Waals surface area contributed by atoms with Gasteiger partial charge < -0.3 is 4.90 Å². The van der Waals surface area contributed by atoms with E-state index in [-0.39, 0.29) is 11.5 Å². The van der Waals surface area contributed by atoms with Crippen molar-refractivity contribution in [3.8, 4) is 0 Å². The largest absolute Gasteiger partial charge is 0.335 e. The molecule has 1 aliphatic rings. The molecule has 0 N–H and O–H groups in total. The molecule has 0 spiro atoms. The minimum atomic E-state index is -0.0436. The van der Waals surface area contributed by atoms with Gasteiger partial charge in [0.25, 0.3) is 11.5 Å². The second-order valence-electron chi connectivity index (χ2n) is 7.83. The van der Waals surface area contributed by atoms with E-state index in [0.29, 0.717) is 25.6 Å². The zero-order valence-electron chi connectivity index (χ0n) is 16.9. The Bertz CT molecular complexity index is 1080. The summed E-state index contributed by atoms with van der Waals surface area (Å²) in [5.41, 5.74) is 1.58. The lowest BCUT2D eigenvalue weighted by Gasteiger charge is -2.34. The van der Waals surface area contributed by atoms with E-state index in [0.717, 1.165) is 45.7 Å². The first-order valence-electron chi connectivity index (χ1n) is 9.84. The smallest absolute Gasteiger partial charge is 0.265 e. The van der Waals surface area contributed by atoms with Crippen molar-refractivity contribution in [2.45, 2.75) is 33.7 Å². The molecule has 1 fully saturated rings. The highest BCUT2D eigenvalue weighted by Gasteiger charge is 2.26. The second-order valence-corrected chi connectivity index (χ2v) is 9.79. The van der Waals surface area contributed by atoms with Gasteiger partial charge >= 0.3 is 0 Å². The maximum absolute atomic E-state index is 13.0. The van der Waals surface area contributed by atoms with Crippen LogP contribution in [-0.4, -0.2) is 56.3 Å². The van der Waals surface area contributed by atoms with Gasteiger partial charge in [-0.1, -0.05) is 13.8 Å². The normalized spacial score (nSPS) is 15.5. The number of amides is 1. The Kier molecular flexibility index (Phi) is 5.80. The standard InChI is InChI=1S/C20H25N5O2S2/c1-13(2)10-16-21-14(3)18(29-16)19(27)24-6-4-23(5-7-24)12-15-11-17(26)25-8-9-28-20(25)22-15/h8-9,11,13H,4-7,10,12H2,1-3H3. The quantitative estimate of drug-likeness (QED) is 0.621. The van der Waals surface area contributed by atoms with Crippen molar-refractivity contribution in [1.29, 1.82) is 0 Å². The van der Waals surface area contributed by atoms with Crippen molar-refractivity contribution >= 4 is 33.5 Å². The van der Waals surface area contributed by atoms with Crippen LogP contribution in [0.3, 0.4) is 0 Å². The molecule has 7 nitrogen and oxygen atoms in total. The average Bonchev–Trinajstić information content (AvgIpc) is 3.28. The lowest BCUT2D eigenvalue weighted by molar-refractivity contribution is 0.0631. The molecule has 4 heterocycles. The van der Waals surface area contributed by atoms with E-state index in [1.165, 1.54) is 22.7 Å². The van der Waals surface area contributed by atoms with E-state index in [4.69, 9.17) is 0 Å². The molecule has 0 aliphatic carbocycles. The Labute approximate surface area is 177 Å². The first-order chi connectivity index (χ1) is 13.9. The number of rotatable bonds is 5. The molecule has 0 atom stereocenters. The maximum Gasteiger partial charge on any atom is 0.265 e. The first kappa shape index (κ1) is 20.2. The monoisotopic (exact) mass is 431 g/mol. The maximum atomic E-state index is 13.0. The van der Waals surface area contributed by atoms with Gasteiger partial charge in [-0.15, -0.1) is 22.7 Å². The van der Waals surface area contributed by atoms with Crippen LogP contribution in [0.25, 0.3) is 4.96 Å². The fraction of sp³-hybridized carbons (Fsp3) is 0.500. The Hall–Kier alpha value is -2.10. The number of aryl methyl sites for hydroxylation is 1. The molecule has 0 bridgehead atoms. The highest BCUT2D eigenvalue weighted by Crippen LogP contribution is 2.23. The zero-order valence-corrected chi connectivity index (χ0v) is 18.6. The third-order valence-corrected chi connectivity index (χ3v) is 6.94. The van der Waals surface area contributed by atoms with Crippen LogP contribution in [0.15, 0.2) is 22.4 Å². The van der Waals surface area contributed by atoms with Gasteiger partial charge in [0.15, 0.2) is 4.96 Å². The predicted molar refractivity (Wildman–Crippen MR) is 116 cm³/mol. The number of thiazole rings is 2. The first-order valence-corrected chi connectivity index (χ1v) is 11.5. The van der Waals surface area contributed by atoms with Gasteiger partial charge in [-0.3, -0.25) is 18.9 Å². The Morgan fingerprint density at radius 1 is 1.21 bits per heavy atom.